The number of anilines is 1. The Balaban J connectivity index is 1.73. The summed E-state index contributed by atoms with van der Waals surface area (Å²) in [7, 11) is 0. The third-order valence-corrected chi connectivity index (χ3v) is 5.47. The van der Waals surface area contributed by atoms with Gasteiger partial charge in [0.1, 0.15) is 5.75 Å². The van der Waals surface area contributed by atoms with E-state index in [0.717, 1.165) is 11.3 Å². The normalized spacial score (nSPS) is 12.1. The number of halogens is 2. The minimum atomic E-state index is -2.97. The van der Waals surface area contributed by atoms with Crippen molar-refractivity contribution in [3.05, 3.63) is 66.0 Å². The summed E-state index contributed by atoms with van der Waals surface area (Å²) in [4.78, 5) is 17.0. The molecule has 1 N–H and O–H groups in total. The van der Waals surface area contributed by atoms with Gasteiger partial charge < -0.3 is 10.1 Å². The zero-order valence-corrected chi connectivity index (χ0v) is 17.0. The molecule has 0 saturated heterocycles. The fourth-order valence-corrected chi connectivity index (χ4v) is 3.55. The van der Waals surface area contributed by atoms with Gasteiger partial charge in [0.25, 0.3) is 0 Å². The first kappa shape index (κ1) is 20.9. The molecule has 0 aliphatic rings. The van der Waals surface area contributed by atoms with Crippen molar-refractivity contribution in [2.75, 3.05) is 5.32 Å². The average Bonchev–Trinajstić information content (AvgIpc) is 3.13. The van der Waals surface area contributed by atoms with Gasteiger partial charge in [0.2, 0.25) is 5.91 Å². The molecule has 0 bridgehead atoms. The van der Waals surface area contributed by atoms with E-state index in [1.165, 1.54) is 29.5 Å². The highest BCUT2D eigenvalue weighted by Crippen LogP contribution is 2.29. The van der Waals surface area contributed by atoms with Gasteiger partial charge in [-0.25, -0.2) is 4.98 Å². The number of alkyl halides is 2. The number of aromatic nitrogens is 2. The predicted octanol–water partition coefficient (Wildman–Crippen LogP) is 5.21. The number of hydrogen-bond donors (Lipinski definition) is 1. The van der Waals surface area contributed by atoms with Crippen LogP contribution in [0, 0.1) is 13.8 Å². The lowest BCUT2D eigenvalue weighted by atomic mass is 10.1. The maximum absolute atomic E-state index is 12.6. The summed E-state index contributed by atoms with van der Waals surface area (Å²) < 4.78 is 31.5. The molecule has 0 aliphatic carbocycles. The summed E-state index contributed by atoms with van der Waals surface area (Å²) in [5.41, 5.74) is 3.51. The van der Waals surface area contributed by atoms with E-state index in [0.29, 0.717) is 5.16 Å². The van der Waals surface area contributed by atoms with Gasteiger partial charge in [0, 0.05) is 18.1 Å². The molecule has 152 valence electrons. The molecule has 2 aromatic carbocycles. The average molecular weight is 417 g/mol. The third kappa shape index (κ3) is 5.14. The SMILES string of the molecule is Cc1ccc(-n2ccnc2SC(C)C(=O)Nc2ccccc2OC(F)F)cc1C. The fraction of sp³-hybridized carbons (Fsp3) is 0.238. The van der Waals surface area contributed by atoms with E-state index in [2.05, 4.69) is 21.1 Å². The van der Waals surface area contributed by atoms with Gasteiger partial charge in [0.05, 0.1) is 10.9 Å². The third-order valence-electron chi connectivity index (χ3n) is 4.39. The lowest BCUT2D eigenvalue weighted by Gasteiger charge is -2.15. The number of ether oxygens (including phenoxy) is 1. The number of thioether (sulfide) groups is 1. The molecule has 1 atom stereocenters. The van der Waals surface area contributed by atoms with Crippen molar-refractivity contribution in [1.82, 2.24) is 9.55 Å². The van der Waals surface area contributed by atoms with Crippen LogP contribution in [0.15, 0.2) is 60.0 Å². The summed E-state index contributed by atoms with van der Waals surface area (Å²) in [6, 6.07) is 12.2. The summed E-state index contributed by atoms with van der Waals surface area (Å²) in [5.74, 6) is -0.417. The number of nitrogens with zero attached hydrogens (tertiary/aromatic N) is 2. The van der Waals surface area contributed by atoms with Gasteiger partial charge in [-0.05, 0) is 56.2 Å². The summed E-state index contributed by atoms with van der Waals surface area (Å²) >= 11 is 1.28. The van der Waals surface area contributed by atoms with Crippen molar-refractivity contribution < 1.29 is 18.3 Å². The van der Waals surface area contributed by atoms with Crippen LogP contribution >= 0.6 is 11.8 Å². The van der Waals surface area contributed by atoms with E-state index in [9.17, 15) is 13.6 Å². The Morgan fingerprint density at radius 2 is 1.93 bits per heavy atom. The molecule has 5 nitrogen and oxygen atoms in total. The fourth-order valence-electron chi connectivity index (χ4n) is 2.66. The van der Waals surface area contributed by atoms with Gasteiger partial charge in [-0.15, -0.1) is 0 Å². The molecular weight excluding hydrogens is 396 g/mol. The largest absolute Gasteiger partial charge is 0.433 e. The number of rotatable bonds is 7. The highest BCUT2D eigenvalue weighted by molar-refractivity contribution is 8.00. The highest BCUT2D eigenvalue weighted by Gasteiger charge is 2.20. The maximum Gasteiger partial charge on any atom is 0.387 e. The van der Waals surface area contributed by atoms with E-state index in [1.54, 1.807) is 25.3 Å². The number of hydrogen-bond acceptors (Lipinski definition) is 4. The number of imidazole rings is 1. The maximum atomic E-state index is 12.6. The monoisotopic (exact) mass is 417 g/mol. The summed E-state index contributed by atoms with van der Waals surface area (Å²) in [6.07, 6.45) is 3.51. The minimum Gasteiger partial charge on any atom is -0.433 e. The van der Waals surface area contributed by atoms with Gasteiger partial charge in [-0.2, -0.15) is 8.78 Å². The molecule has 0 saturated carbocycles. The van der Waals surface area contributed by atoms with Crippen LogP contribution in [0.2, 0.25) is 0 Å². The smallest absolute Gasteiger partial charge is 0.387 e. The van der Waals surface area contributed by atoms with E-state index in [4.69, 9.17) is 0 Å². The Hall–Kier alpha value is -2.87. The first-order chi connectivity index (χ1) is 13.8. The molecule has 1 amide bonds. The predicted molar refractivity (Wildman–Crippen MR) is 110 cm³/mol. The second kappa shape index (κ2) is 9.09. The Bertz CT molecular complexity index is 1010. The number of para-hydroxylation sites is 2. The molecular formula is C21H21F2N3O2S. The summed E-state index contributed by atoms with van der Waals surface area (Å²) in [6.45, 7) is 2.85. The molecule has 1 unspecified atom stereocenters. The quantitative estimate of drug-likeness (QED) is 0.536. The van der Waals surface area contributed by atoms with Crippen molar-refractivity contribution in [2.45, 2.75) is 37.8 Å². The molecule has 1 heterocycles. The van der Waals surface area contributed by atoms with Crippen LogP contribution in [-0.2, 0) is 4.79 Å². The number of aryl methyl sites for hydroxylation is 2. The van der Waals surface area contributed by atoms with Crippen molar-refractivity contribution >= 4 is 23.4 Å². The zero-order valence-electron chi connectivity index (χ0n) is 16.2. The molecule has 0 aliphatic heterocycles. The molecule has 3 aromatic rings. The Morgan fingerprint density at radius 1 is 1.17 bits per heavy atom. The molecule has 29 heavy (non-hydrogen) atoms. The van der Waals surface area contributed by atoms with E-state index in [-0.39, 0.29) is 17.3 Å². The van der Waals surface area contributed by atoms with Gasteiger partial charge in [0.15, 0.2) is 5.16 Å². The van der Waals surface area contributed by atoms with Gasteiger partial charge >= 0.3 is 6.61 Å². The zero-order chi connectivity index (χ0) is 21.0. The first-order valence-corrected chi connectivity index (χ1v) is 9.85. The van der Waals surface area contributed by atoms with Crippen LogP contribution in [0.25, 0.3) is 5.69 Å². The second-order valence-corrected chi connectivity index (χ2v) is 7.78. The molecule has 8 heteroatoms. The number of benzene rings is 2. The van der Waals surface area contributed by atoms with Crippen LogP contribution < -0.4 is 10.1 Å². The van der Waals surface area contributed by atoms with Gasteiger partial charge in [-0.1, -0.05) is 30.0 Å². The van der Waals surface area contributed by atoms with Crippen molar-refractivity contribution in [1.29, 1.82) is 0 Å². The van der Waals surface area contributed by atoms with Crippen LogP contribution in [0.1, 0.15) is 18.1 Å². The second-order valence-electron chi connectivity index (χ2n) is 6.47. The van der Waals surface area contributed by atoms with Gasteiger partial charge in [-0.3, -0.25) is 9.36 Å². The molecule has 3 rings (SSSR count). The van der Waals surface area contributed by atoms with Crippen LogP contribution in [0.5, 0.6) is 5.75 Å². The first-order valence-electron chi connectivity index (χ1n) is 8.97. The molecule has 0 spiro atoms. The minimum absolute atomic E-state index is 0.0790. The van der Waals surface area contributed by atoms with Crippen molar-refractivity contribution in [2.24, 2.45) is 0 Å². The molecule has 1 aromatic heterocycles. The number of carbonyl (C=O) groups excluding carboxylic acids is 1. The number of carbonyl (C=O) groups is 1. The lowest BCUT2D eigenvalue weighted by molar-refractivity contribution is -0.115. The Labute approximate surface area is 172 Å². The Morgan fingerprint density at radius 3 is 2.66 bits per heavy atom. The number of amides is 1. The van der Waals surface area contributed by atoms with Crippen molar-refractivity contribution in [3.63, 3.8) is 0 Å². The Kier molecular flexibility index (Phi) is 6.53. The van der Waals surface area contributed by atoms with E-state index >= 15 is 0 Å². The number of nitrogens with one attached hydrogen (secondary N) is 1. The molecule has 0 radical (unpaired) electrons. The van der Waals surface area contributed by atoms with Crippen molar-refractivity contribution in [3.8, 4) is 11.4 Å². The lowest BCUT2D eigenvalue weighted by Crippen LogP contribution is -2.23. The summed E-state index contributed by atoms with van der Waals surface area (Å²) in [5, 5.41) is 2.80. The van der Waals surface area contributed by atoms with Crippen LogP contribution in [0.3, 0.4) is 0 Å². The standard InChI is InChI=1S/C21H21F2N3O2S/c1-13-8-9-16(12-14(13)2)26-11-10-24-21(26)29-15(3)19(27)25-17-6-4-5-7-18(17)28-20(22)23/h4-12,15,20H,1-3H3,(H,25,27). The topological polar surface area (TPSA) is 56.2 Å². The van der Waals surface area contributed by atoms with E-state index < -0.39 is 11.9 Å². The molecule has 0 fully saturated rings. The van der Waals surface area contributed by atoms with Crippen LogP contribution in [-0.4, -0.2) is 27.3 Å². The highest BCUT2D eigenvalue weighted by atomic mass is 32.2. The van der Waals surface area contributed by atoms with Crippen LogP contribution in [0.4, 0.5) is 14.5 Å². The van der Waals surface area contributed by atoms with E-state index in [1.807, 2.05) is 36.7 Å².